The molecule has 2 rings (SSSR count). The lowest BCUT2D eigenvalue weighted by molar-refractivity contribution is 0.626. The van der Waals surface area contributed by atoms with Crippen molar-refractivity contribution >= 4 is 11.6 Å². The van der Waals surface area contributed by atoms with Crippen molar-refractivity contribution < 1.29 is 4.39 Å². The predicted octanol–water partition coefficient (Wildman–Crippen LogP) is 2.24. The molecule has 0 saturated heterocycles. The summed E-state index contributed by atoms with van der Waals surface area (Å²) in [6.07, 6.45) is 3.88. The second-order valence-corrected chi connectivity index (χ2v) is 4.22. The molecule has 2 aromatic rings. The fourth-order valence-corrected chi connectivity index (χ4v) is 1.66. The lowest BCUT2D eigenvalue weighted by Crippen LogP contribution is -2.19. The Hall–Kier alpha value is -2.17. The van der Waals surface area contributed by atoms with E-state index in [2.05, 4.69) is 15.3 Å². The van der Waals surface area contributed by atoms with Crippen LogP contribution in [0.25, 0.3) is 0 Å². The van der Waals surface area contributed by atoms with Gasteiger partial charge in [0.1, 0.15) is 5.82 Å². The number of rotatable bonds is 4. The van der Waals surface area contributed by atoms with Crippen LogP contribution >= 0.6 is 0 Å². The Labute approximate surface area is 105 Å². The molecule has 1 unspecified atom stereocenters. The Morgan fingerprint density at radius 1 is 1.22 bits per heavy atom. The molecule has 0 amide bonds. The van der Waals surface area contributed by atoms with Crippen LogP contribution in [0.2, 0.25) is 0 Å². The van der Waals surface area contributed by atoms with Gasteiger partial charge in [-0.05, 0) is 31.0 Å². The molecular weight excluding hydrogens is 231 g/mol. The SMILES string of the molecule is CC(Cc1ccc(F)cc1)Nc1ncc(N)cn1. The summed E-state index contributed by atoms with van der Waals surface area (Å²) in [5, 5.41) is 3.16. The minimum absolute atomic E-state index is 0.152. The van der Waals surface area contributed by atoms with Gasteiger partial charge in [0.2, 0.25) is 5.95 Å². The molecular formula is C13H15FN4. The first-order valence-electron chi connectivity index (χ1n) is 5.72. The second kappa shape index (κ2) is 5.44. The number of nitrogens with one attached hydrogen (secondary N) is 1. The first-order valence-corrected chi connectivity index (χ1v) is 5.72. The second-order valence-electron chi connectivity index (χ2n) is 4.22. The number of benzene rings is 1. The van der Waals surface area contributed by atoms with E-state index < -0.39 is 0 Å². The highest BCUT2D eigenvalue weighted by Gasteiger charge is 2.05. The lowest BCUT2D eigenvalue weighted by Gasteiger charge is -2.13. The average Bonchev–Trinajstić information content (AvgIpc) is 2.35. The Kier molecular flexibility index (Phi) is 3.72. The molecule has 94 valence electrons. The fraction of sp³-hybridized carbons (Fsp3) is 0.231. The Bertz CT molecular complexity index is 448. The van der Waals surface area contributed by atoms with E-state index in [1.807, 2.05) is 6.92 Å². The highest BCUT2D eigenvalue weighted by atomic mass is 19.1. The molecule has 0 aliphatic rings. The standard InChI is InChI=1S/C13H15FN4/c1-9(6-10-2-4-11(14)5-3-10)18-13-16-7-12(15)8-17-13/h2-5,7-9H,6,15H2,1H3,(H,16,17,18). The van der Waals surface area contributed by atoms with Gasteiger partial charge in [-0.1, -0.05) is 12.1 Å². The molecule has 0 bridgehead atoms. The van der Waals surface area contributed by atoms with E-state index in [9.17, 15) is 4.39 Å². The normalized spacial score (nSPS) is 12.1. The van der Waals surface area contributed by atoms with Crippen molar-refractivity contribution in [2.24, 2.45) is 0 Å². The van der Waals surface area contributed by atoms with E-state index in [0.717, 1.165) is 12.0 Å². The third-order valence-electron chi connectivity index (χ3n) is 2.50. The van der Waals surface area contributed by atoms with Crippen molar-refractivity contribution in [2.75, 3.05) is 11.1 Å². The minimum Gasteiger partial charge on any atom is -0.396 e. The first-order chi connectivity index (χ1) is 8.63. The Morgan fingerprint density at radius 2 is 1.83 bits per heavy atom. The molecule has 0 aliphatic heterocycles. The van der Waals surface area contributed by atoms with Crippen molar-refractivity contribution in [3.05, 3.63) is 48.0 Å². The molecule has 0 saturated carbocycles. The van der Waals surface area contributed by atoms with Crippen LogP contribution in [0.1, 0.15) is 12.5 Å². The average molecular weight is 246 g/mol. The zero-order chi connectivity index (χ0) is 13.0. The Morgan fingerprint density at radius 3 is 2.44 bits per heavy atom. The number of nitrogens with zero attached hydrogens (tertiary/aromatic N) is 2. The van der Waals surface area contributed by atoms with Crippen molar-refractivity contribution in [3.8, 4) is 0 Å². The number of anilines is 2. The molecule has 0 aliphatic carbocycles. The smallest absolute Gasteiger partial charge is 0.222 e. The van der Waals surface area contributed by atoms with Crippen molar-refractivity contribution in [2.45, 2.75) is 19.4 Å². The van der Waals surface area contributed by atoms with Gasteiger partial charge in [-0.25, -0.2) is 14.4 Å². The van der Waals surface area contributed by atoms with E-state index in [1.165, 1.54) is 12.1 Å². The van der Waals surface area contributed by atoms with Crippen molar-refractivity contribution in [1.29, 1.82) is 0 Å². The van der Waals surface area contributed by atoms with Crippen LogP contribution in [0.4, 0.5) is 16.0 Å². The van der Waals surface area contributed by atoms with E-state index in [-0.39, 0.29) is 11.9 Å². The summed E-state index contributed by atoms with van der Waals surface area (Å²) >= 11 is 0. The third-order valence-corrected chi connectivity index (χ3v) is 2.50. The summed E-state index contributed by atoms with van der Waals surface area (Å²) < 4.78 is 12.8. The number of hydrogen-bond acceptors (Lipinski definition) is 4. The van der Waals surface area contributed by atoms with Crippen LogP contribution in [0.15, 0.2) is 36.7 Å². The topological polar surface area (TPSA) is 63.8 Å². The van der Waals surface area contributed by atoms with E-state index in [0.29, 0.717) is 11.6 Å². The lowest BCUT2D eigenvalue weighted by atomic mass is 10.1. The van der Waals surface area contributed by atoms with Crippen molar-refractivity contribution in [3.63, 3.8) is 0 Å². The van der Waals surface area contributed by atoms with Crippen LogP contribution in [-0.2, 0) is 6.42 Å². The number of aromatic nitrogens is 2. The maximum Gasteiger partial charge on any atom is 0.222 e. The molecule has 1 atom stereocenters. The molecule has 1 aromatic heterocycles. The summed E-state index contributed by atoms with van der Waals surface area (Å²) in [6, 6.07) is 6.62. The molecule has 0 radical (unpaired) electrons. The minimum atomic E-state index is -0.221. The Balaban J connectivity index is 1.94. The van der Waals surface area contributed by atoms with E-state index in [1.54, 1.807) is 24.5 Å². The van der Waals surface area contributed by atoms with Crippen LogP contribution in [0.5, 0.6) is 0 Å². The third kappa shape index (κ3) is 3.41. The molecule has 0 spiro atoms. The highest BCUT2D eigenvalue weighted by molar-refractivity contribution is 5.36. The molecule has 0 fully saturated rings. The predicted molar refractivity (Wildman–Crippen MR) is 69.6 cm³/mol. The van der Waals surface area contributed by atoms with Gasteiger partial charge < -0.3 is 11.1 Å². The monoisotopic (exact) mass is 246 g/mol. The summed E-state index contributed by atoms with van der Waals surface area (Å²) in [6.45, 7) is 2.02. The number of nitrogens with two attached hydrogens (primary N) is 1. The van der Waals surface area contributed by atoms with Gasteiger partial charge in [-0.15, -0.1) is 0 Å². The van der Waals surface area contributed by atoms with Gasteiger partial charge in [0.25, 0.3) is 0 Å². The van der Waals surface area contributed by atoms with Crippen LogP contribution in [0.3, 0.4) is 0 Å². The molecule has 1 heterocycles. The zero-order valence-corrected chi connectivity index (χ0v) is 10.1. The maximum absolute atomic E-state index is 12.8. The van der Waals surface area contributed by atoms with Crippen LogP contribution in [0, 0.1) is 5.82 Å². The number of nitrogen functional groups attached to an aromatic ring is 1. The molecule has 3 N–H and O–H groups in total. The van der Waals surface area contributed by atoms with E-state index in [4.69, 9.17) is 5.73 Å². The van der Waals surface area contributed by atoms with E-state index >= 15 is 0 Å². The van der Waals surface area contributed by atoms with Crippen LogP contribution in [-0.4, -0.2) is 16.0 Å². The van der Waals surface area contributed by atoms with Gasteiger partial charge in [0, 0.05) is 6.04 Å². The van der Waals surface area contributed by atoms with Crippen molar-refractivity contribution in [1.82, 2.24) is 9.97 Å². The molecule has 1 aromatic carbocycles. The summed E-state index contributed by atoms with van der Waals surface area (Å²) in [4.78, 5) is 8.13. The van der Waals surface area contributed by atoms with Gasteiger partial charge in [-0.2, -0.15) is 0 Å². The number of hydrogen-bond donors (Lipinski definition) is 2. The fourth-order valence-electron chi connectivity index (χ4n) is 1.66. The van der Waals surface area contributed by atoms with Gasteiger partial charge in [0.15, 0.2) is 0 Å². The summed E-state index contributed by atoms with van der Waals surface area (Å²) in [5.41, 5.74) is 7.10. The molecule has 18 heavy (non-hydrogen) atoms. The first kappa shape index (κ1) is 12.3. The summed E-state index contributed by atoms with van der Waals surface area (Å²) in [7, 11) is 0. The molecule has 5 heteroatoms. The highest BCUT2D eigenvalue weighted by Crippen LogP contribution is 2.09. The quantitative estimate of drug-likeness (QED) is 0.868. The van der Waals surface area contributed by atoms with Gasteiger partial charge >= 0.3 is 0 Å². The largest absolute Gasteiger partial charge is 0.396 e. The van der Waals surface area contributed by atoms with Crippen LogP contribution < -0.4 is 11.1 Å². The zero-order valence-electron chi connectivity index (χ0n) is 10.1. The number of halogens is 1. The summed E-state index contributed by atoms with van der Waals surface area (Å²) in [5.74, 6) is 0.319. The van der Waals surface area contributed by atoms with Gasteiger partial charge in [0.05, 0.1) is 18.1 Å². The maximum atomic E-state index is 12.8. The van der Waals surface area contributed by atoms with Gasteiger partial charge in [-0.3, -0.25) is 0 Å². The molecule has 4 nitrogen and oxygen atoms in total.